The van der Waals surface area contributed by atoms with Gasteiger partial charge in [0, 0.05) is 0 Å². The summed E-state index contributed by atoms with van der Waals surface area (Å²) in [5.74, 6) is 0. The molecule has 0 nitrogen and oxygen atoms in total. The molecule has 4 aromatic carbocycles. The SMILES string of the molecule is CCC[Si]1(C)C2=Cc3c(-c4ccc(C(C)(C)C)cc4)cccc3[CH]2[Hf]([CH3])([CH3])[CH]2C1=Cc1c(-c3ccc(C(C)(C)C)cc3)cccc12. The Morgan fingerprint density at radius 3 is 1.33 bits per heavy atom. The molecule has 0 amide bonds. The van der Waals surface area contributed by atoms with E-state index in [4.69, 9.17) is 0 Å². The second kappa shape index (κ2) is 11.0. The van der Waals surface area contributed by atoms with Gasteiger partial charge < -0.3 is 0 Å². The Morgan fingerprint density at radius 2 is 0.978 bits per heavy atom. The molecule has 2 heteroatoms. The van der Waals surface area contributed by atoms with E-state index in [1.54, 1.807) is 11.1 Å². The molecule has 46 heavy (non-hydrogen) atoms. The second-order valence-corrected chi connectivity index (χ2v) is 38.8. The van der Waals surface area contributed by atoms with Gasteiger partial charge in [-0.2, -0.15) is 0 Å². The van der Waals surface area contributed by atoms with Gasteiger partial charge in [0.1, 0.15) is 0 Å². The van der Waals surface area contributed by atoms with Crippen LogP contribution in [0.15, 0.2) is 95.3 Å². The molecule has 1 aliphatic heterocycles. The van der Waals surface area contributed by atoms with Gasteiger partial charge in [-0.3, -0.25) is 0 Å². The molecule has 1 heterocycles. The third-order valence-corrected chi connectivity index (χ3v) is 33.9. The number of fused-ring (bicyclic) bond motifs is 6. The Labute approximate surface area is 284 Å². The summed E-state index contributed by atoms with van der Waals surface area (Å²) in [4.78, 5) is 0. The molecule has 2 atom stereocenters. The molecule has 0 spiro atoms. The molecule has 0 N–H and O–H groups in total. The first-order valence-corrected chi connectivity index (χ1v) is 31.6. The number of benzene rings is 4. The van der Waals surface area contributed by atoms with Crippen molar-refractivity contribution in [2.24, 2.45) is 0 Å². The molecule has 1 fully saturated rings. The number of allylic oxidation sites excluding steroid dienone is 2. The predicted octanol–water partition coefficient (Wildman–Crippen LogP) is 13.0. The van der Waals surface area contributed by atoms with Crippen molar-refractivity contribution in [1.29, 1.82) is 0 Å². The van der Waals surface area contributed by atoms with E-state index >= 15 is 0 Å². The average molecular weight is 787 g/mol. The van der Waals surface area contributed by atoms with Gasteiger partial charge in [-0.05, 0) is 0 Å². The summed E-state index contributed by atoms with van der Waals surface area (Å²) >= 11 is -3.06. The third kappa shape index (κ3) is 4.92. The van der Waals surface area contributed by atoms with E-state index in [-0.39, 0.29) is 10.8 Å². The van der Waals surface area contributed by atoms with Crippen molar-refractivity contribution in [3.63, 3.8) is 0 Å². The van der Waals surface area contributed by atoms with E-state index in [1.807, 2.05) is 10.4 Å². The van der Waals surface area contributed by atoms with E-state index in [0.29, 0.717) is 7.35 Å². The zero-order chi connectivity index (χ0) is 32.8. The second-order valence-electron chi connectivity index (χ2n) is 17.2. The van der Waals surface area contributed by atoms with Crippen molar-refractivity contribution in [1.82, 2.24) is 0 Å². The molecule has 7 rings (SSSR count). The van der Waals surface area contributed by atoms with Crippen molar-refractivity contribution in [2.45, 2.75) is 95.0 Å². The number of rotatable bonds is 4. The standard InChI is InChI=1S/C42H46Si.2CH3.Hf/c1-9-24-43(8,35-25-31-12-10-14-37(39(31)27-35)29-16-20-33(21-17-29)41(2,3)4)36-26-32-13-11-15-38(40(32)28-36)30-18-22-34(23-19-30)42(5,6)7;;;/h10-23,25-28H,9,24H2,1-8H3;2*1H3;. The maximum absolute atomic E-state index is 3.06. The van der Waals surface area contributed by atoms with Crippen molar-refractivity contribution in [2.75, 3.05) is 0 Å². The minimum absolute atomic E-state index is 0.165. The summed E-state index contributed by atoms with van der Waals surface area (Å²) in [5.41, 5.74) is 15.1. The van der Waals surface area contributed by atoms with Crippen LogP contribution in [0.4, 0.5) is 0 Å². The van der Waals surface area contributed by atoms with Crippen LogP contribution in [0.1, 0.15) is 95.6 Å². The van der Waals surface area contributed by atoms with Crippen LogP contribution in [0, 0.1) is 0 Å². The van der Waals surface area contributed by atoms with Crippen LogP contribution < -0.4 is 0 Å². The molecule has 3 aliphatic rings. The first-order valence-electron chi connectivity index (χ1n) is 17.6. The Balaban J connectivity index is 1.38. The zero-order valence-electron chi connectivity index (χ0n) is 29.8. The molecule has 0 saturated carbocycles. The van der Waals surface area contributed by atoms with E-state index in [0.717, 1.165) is 0 Å². The van der Waals surface area contributed by atoms with Crippen LogP contribution in [0.3, 0.4) is 0 Å². The molecule has 236 valence electrons. The molecule has 1 saturated heterocycles. The molecule has 0 aromatic heterocycles. The summed E-state index contributed by atoms with van der Waals surface area (Å²) in [6, 6.07) is 34.7. The number of hydrogen-bond acceptors (Lipinski definition) is 0. The first kappa shape index (κ1) is 32.0. The van der Waals surface area contributed by atoms with Crippen molar-refractivity contribution >= 4 is 20.2 Å². The first-order chi connectivity index (χ1) is 21.7. The van der Waals surface area contributed by atoms with E-state index in [1.165, 1.54) is 57.0 Å². The van der Waals surface area contributed by atoms with Gasteiger partial charge in [-0.25, -0.2) is 0 Å². The van der Waals surface area contributed by atoms with Crippen LogP contribution in [0.5, 0.6) is 0 Å². The van der Waals surface area contributed by atoms with Gasteiger partial charge in [-0.1, -0.05) is 0 Å². The molecule has 0 radical (unpaired) electrons. The fourth-order valence-corrected chi connectivity index (χ4v) is 41.8. The van der Waals surface area contributed by atoms with Gasteiger partial charge in [0.15, 0.2) is 0 Å². The molecule has 0 bridgehead atoms. The minimum atomic E-state index is -3.06. The zero-order valence-corrected chi connectivity index (χ0v) is 34.4. The van der Waals surface area contributed by atoms with Crippen LogP contribution >= 0.6 is 0 Å². The van der Waals surface area contributed by atoms with Crippen molar-refractivity contribution < 1.29 is 20.0 Å². The fourth-order valence-electron chi connectivity index (χ4n) is 9.29. The quantitative estimate of drug-likeness (QED) is 0.181. The molecular weight excluding hydrogens is 735 g/mol. The summed E-state index contributed by atoms with van der Waals surface area (Å²) in [7, 11) is -1.92. The number of hydrogen-bond donors (Lipinski definition) is 0. The Bertz CT molecular complexity index is 1750. The van der Waals surface area contributed by atoms with Crippen LogP contribution in [-0.2, 0) is 30.8 Å². The monoisotopic (exact) mass is 788 g/mol. The van der Waals surface area contributed by atoms with Gasteiger partial charge in [0.25, 0.3) is 0 Å². The molecule has 2 aliphatic carbocycles. The Morgan fingerprint density at radius 1 is 0.587 bits per heavy atom. The maximum atomic E-state index is 2.80. The van der Waals surface area contributed by atoms with Gasteiger partial charge in [0.05, 0.1) is 0 Å². The Kier molecular flexibility index (Phi) is 7.65. The van der Waals surface area contributed by atoms with Crippen molar-refractivity contribution in [3.8, 4) is 22.3 Å². The van der Waals surface area contributed by atoms with Gasteiger partial charge in [0.2, 0.25) is 0 Å². The molecule has 4 aromatic rings. The van der Waals surface area contributed by atoms with Crippen LogP contribution in [0.25, 0.3) is 34.4 Å². The normalized spacial score (nSPS) is 22.8. The molecule has 2 unspecified atom stereocenters. The summed E-state index contributed by atoms with van der Waals surface area (Å²) in [5, 5.41) is 3.72. The summed E-state index contributed by atoms with van der Waals surface area (Å²) in [6.45, 7) is 19.0. The van der Waals surface area contributed by atoms with E-state index < -0.39 is 28.0 Å². The predicted molar refractivity (Wildman–Crippen MR) is 201 cm³/mol. The summed E-state index contributed by atoms with van der Waals surface area (Å²) in [6.07, 6.45) is 6.73. The van der Waals surface area contributed by atoms with Crippen molar-refractivity contribution in [3.05, 3.63) is 129 Å². The van der Waals surface area contributed by atoms with Gasteiger partial charge in [-0.15, -0.1) is 0 Å². The third-order valence-electron chi connectivity index (χ3n) is 11.8. The average Bonchev–Trinajstić information content (AvgIpc) is 3.62. The topological polar surface area (TPSA) is 0 Å². The summed E-state index contributed by atoms with van der Waals surface area (Å²) < 4.78 is 6.93. The van der Waals surface area contributed by atoms with E-state index in [2.05, 4.69) is 161 Å². The molecular formula is C44H52HfSi. The Hall–Kier alpha value is -2.55. The van der Waals surface area contributed by atoms with Crippen LogP contribution in [0.2, 0.25) is 22.0 Å². The van der Waals surface area contributed by atoms with Gasteiger partial charge >= 0.3 is 286 Å². The fraction of sp³-hybridized carbons (Fsp3) is 0.364. The van der Waals surface area contributed by atoms with Crippen LogP contribution in [-0.4, -0.2) is 8.07 Å². The van der Waals surface area contributed by atoms with E-state index in [9.17, 15) is 0 Å².